The number of aromatic nitrogens is 2. The molecule has 11 heteroatoms. The molecule has 0 aliphatic rings. The molecule has 1 aromatic carbocycles. The van der Waals surface area contributed by atoms with Gasteiger partial charge >= 0.3 is 0 Å². The highest BCUT2D eigenvalue weighted by Crippen LogP contribution is 2.17. The van der Waals surface area contributed by atoms with Crippen LogP contribution in [0.2, 0.25) is 0 Å². The number of carbonyl (C=O) groups is 2. The lowest BCUT2D eigenvalue weighted by atomic mass is 10.2. The summed E-state index contributed by atoms with van der Waals surface area (Å²) < 4.78 is 5.18. The summed E-state index contributed by atoms with van der Waals surface area (Å²) in [6, 6.07) is 7.24. The van der Waals surface area contributed by atoms with Gasteiger partial charge in [-0.15, -0.1) is 10.2 Å². The van der Waals surface area contributed by atoms with Gasteiger partial charge in [-0.1, -0.05) is 46.7 Å². The van der Waals surface area contributed by atoms with Crippen molar-refractivity contribution in [1.29, 1.82) is 0 Å². The van der Waals surface area contributed by atoms with Gasteiger partial charge in [-0.25, -0.2) is 5.43 Å². The summed E-state index contributed by atoms with van der Waals surface area (Å²) in [6.45, 7) is 0. The topological polar surface area (TPSA) is 106 Å². The van der Waals surface area contributed by atoms with E-state index in [0.717, 1.165) is 16.9 Å². The van der Waals surface area contributed by atoms with E-state index in [-0.39, 0.29) is 17.5 Å². The highest BCUT2D eigenvalue weighted by Gasteiger charge is 2.15. The molecular weight excluding hydrogens is 389 g/mol. The number of nitrogens with zero attached hydrogens (tertiary/aromatic N) is 3. The number of alkyl halides is 2. The maximum absolute atomic E-state index is 11.9. The quantitative estimate of drug-likeness (QED) is 0.419. The lowest BCUT2D eigenvalue weighted by molar-refractivity contribution is -0.120. The largest absolute Gasteiger partial charge is 0.496 e. The maximum Gasteiger partial charge on any atom is 0.259 e. The fourth-order valence-electron chi connectivity index (χ4n) is 1.66. The molecule has 2 rings (SSSR count). The third-order valence-corrected chi connectivity index (χ3v) is 3.97. The number of nitrogens with one attached hydrogen (secondary N) is 2. The molecule has 8 nitrogen and oxygen atoms in total. The summed E-state index contributed by atoms with van der Waals surface area (Å²) in [5.74, 6) is -0.355. The van der Waals surface area contributed by atoms with Gasteiger partial charge in [0.05, 0.1) is 19.7 Å². The molecule has 0 spiro atoms. The van der Waals surface area contributed by atoms with E-state index in [4.69, 9.17) is 27.9 Å². The molecule has 25 heavy (non-hydrogen) atoms. The first-order valence-corrected chi connectivity index (χ1v) is 8.55. The van der Waals surface area contributed by atoms with Crippen LogP contribution in [-0.2, 0) is 16.0 Å². The van der Waals surface area contributed by atoms with Gasteiger partial charge in [0.25, 0.3) is 5.91 Å². The number of benzene rings is 1. The van der Waals surface area contributed by atoms with Crippen molar-refractivity contribution in [2.24, 2.45) is 5.10 Å². The van der Waals surface area contributed by atoms with E-state index in [1.54, 1.807) is 19.2 Å². The molecule has 0 aliphatic carbocycles. The zero-order valence-corrected chi connectivity index (χ0v) is 15.2. The molecule has 2 aromatic rings. The standard InChI is InChI=1S/C14H13Cl2N5O3S/c1-24-9-5-3-2-4-8(9)7-17-19-10(22)6-11-20-21-14(25-11)18-13(23)12(15)16/h2-5,7,12H,6H2,1H3,(H,19,22)(H,18,21,23)/b17-7-. The van der Waals surface area contributed by atoms with Gasteiger partial charge in [0.15, 0.2) is 4.84 Å². The van der Waals surface area contributed by atoms with Crippen LogP contribution in [0, 0.1) is 0 Å². The fraction of sp³-hybridized carbons (Fsp3) is 0.214. The summed E-state index contributed by atoms with van der Waals surface area (Å²) in [5, 5.41) is 14.4. The maximum atomic E-state index is 11.9. The second kappa shape index (κ2) is 9.30. The Morgan fingerprint density at radius 1 is 1.36 bits per heavy atom. The van der Waals surface area contributed by atoms with Gasteiger partial charge in [-0.3, -0.25) is 14.9 Å². The van der Waals surface area contributed by atoms with E-state index >= 15 is 0 Å². The highest BCUT2D eigenvalue weighted by molar-refractivity contribution is 7.15. The molecule has 0 atom stereocenters. The van der Waals surface area contributed by atoms with Crippen LogP contribution >= 0.6 is 34.5 Å². The minimum absolute atomic E-state index is 0.0397. The van der Waals surface area contributed by atoms with Crippen LogP contribution in [0.3, 0.4) is 0 Å². The Bertz CT molecular complexity index is 781. The SMILES string of the molecule is COc1ccccc1/C=N\NC(=O)Cc1nnc(NC(=O)C(Cl)Cl)s1. The number of hydrogen-bond donors (Lipinski definition) is 2. The number of methoxy groups -OCH3 is 1. The van der Waals surface area contributed by atoms with Crippen molar-refractivity contribution in [2.45, 2.75) is 11.3 Å². The number of para-hydroxylation sites is 1. The van der Waals surface area contributed by atoms with E-state index in [9.17, 15) is 9.59 Å². The van der Waals surface area contributed by atoms with Gasteiger partial charge in [-0.05, 0) is 12.1 Å². The number of carbonyl (C=O) groups excluding carboxylic acids is 2. The molecule has 0 saturated carbocycles. The lowest BCUT2D eigenvalue weighted by Crippen LogP contribution is -2.19. The van der Waals surface area contributed by atoms with Crippen molar-refractivity contribution >= 4 is 57.7 Å². The summed E-state index contributed by atoms with van der Waals surface area (Å²) in [4.78, 5) is 22.0. The Hall–Kier alpha value is -2.23. The van der Waals surface area contributed by atoms with E-state index < -0.39 is 10.7 Å². The molecule has 132 valence electrons. The minimum atomic E-state index is -1.21. The summed E-state index contributed by atoms with van der Waals surface area (Å²) in [6.07, 6.45) is 1.44. The number of ether oxygens (including phenoxy) is 1. The number of amides is 2. The molecule has 0 unspecified atom stereocenters. The smallest absolute Gasteiger partial charge is 0.259 e. The Balaban J connectivity index is 1.87. The normalized spacial score (nSPS) is 10.9. The molecule has 1 heterocycles. The Morgan fingerprint density at radius 3 is 2.84 bits per heavy atom. The van der Waals surface area contributed by atoms with Gasteiger partial charge < -0.3 is 4.74 Å². The molecule has 0 saturated heterocycles. The number of anilines is 1. The number of hydrogen-bond acceptors (Lipinski definition) is 7. The van der Waals surface area contributed by atoms with Gasteiger partial charge in [-0.2, -0.15) is 5.10 Å². The van der Waals surface area contributed by atoms with E-state index in [0.29, 0.717) is 10.8 Å². The van der Waals surface area contributed by atoms with E-state index in [1.165, 1.54) is 6.21 Å². The molecular formula is C14H13Cl2N5O3S. The third kappa shape index (κ3) is 5.96. The van der Waals surface area contributed by atoms with E-state index in [2.05, 4.69) is 26.0 Å². The van der Waals surface area contributed by atoms with Crippen LogP contribution in [0.15, 0.2) is 29.4 Å². The second-order valence-corrected chi connectivity index (χ2v) is 6.66. The zero-order chi connectivity index (χ0) is 18.2. The first-order chi connectivity index (χ1) is 12.0. The predicted molar refractivity (Wildman–Crippen MR) is 96.5 cm³/mol. The van der Waals surface area contributed by atoms with Gasteiger partial charge in [0.2, 0.25) is 11.0 Å². The summed E-state index contributed by atoms with van der Waals surface area (Å²) in [5.41, 5.74) is 3.11. The molecule has 2 amide bonds. The summed E-state index contributed by atoms with van der Waals surface area (Å²) in [7, 11) is 1.55. The monoisotopic (exact) mass is 401 g/mol. The van der Waals surface area contributed by atoms with Crippen LogP contribution in [-0.4, -0.2) is 40.2 Å². The van der Waals surface area contributed by atoms with Crippen molar-refractivity contribution < 1.29 is 14.3 Å². The van der Waals surface area contributed by atoms with Crippen LogP contribution in [0.4, 0.5) is 5.13 Å². The Labute approximate surface area is 157 Å². The molecule has 0 aliphatic heterocycles. The molecule has 0 fully saturated rings. The first-order valence-electron chi connectivity index (χ1n) is 6.86. The summed E-state index contributed by atoms with van der Waals surface area (Å²) >= 11 is 11.9. The average Bonchev–Trinajstić information content (AvgIpc) is 3.02. The van der Waals surface area contributed by atoms with Crippen molar-refractivity contribution in [3.63, 3.8) is 0 Å². The Kier molecular flexibility index (Phi) is 7.11. The fourth-order valence-corrected chi connectivity index (χ4v) is 2.51. The highest BCUT2D eigenvalue weighted by atomic mass is 35.5. The molecule has 2 N–H and O–H groups in total. The van der Waals surface area contributed by atoms with Crippen molar-refractivity contribution in [3.8, 4) is 5.75 Å². The van der Waals surface area contributed by atoms with Crippen LogP contribution < -0.4 is 15.5 Å². The third-order valence-electron chi connectivity index (χ3n) is 2.74. The zero-order valence-electron chi connectivity index (χ0n) is 12.9. The predicted octanol–water partition coefficient (Wildman–Crippen LogP) is 1.98. The van der Waals surface area contributed by atoms with Crippen molar-refractivity contribution in [3.05, 3.63) is 34.8 Å². The number of hydrazone groups is 1. The van der Waals surface area contributed by atoms with Crippen molar-refractivity contribution in [1.82, 2.24) is 15.6 Å². The van der Waals surface area contributed by atoms with Crippen LogP contribution in [0.1, 0.15) is 10.6 Å². The van der Waals surface area contributed by atoms with Gasteiger partial charge in [0.1, 0.15) is 10.8 Å². The van der Waals surface area contributed by atoms with Crippen LogP contribution in [0.25, 0.3) is 0 Å². The minimum Gasteiger partial charge on any atom is -0.496 e. The first kappa shape index (κ1) is 19.1. The average molecular weight is 402 g/mol. The van der Waals surface area contributed by atoms with Gasteiger partial charge in [0, 0.05) is 5.56 Å². The number of rotatable bonds is 7. The van der Waals surface area contributed by atoms with Crippen LogP contribution in [0.5, 0.6) is 5.75 Å². The second-order valence-electron chi connectivity index (χ2n) is 4.50. The van der Waals surface area contributed by atoms with E-state index in [1.807, 2.05) is 12.1 Å². The molecule has 0 bridgehead atoms. The Morgan fingerprint density at radius 2 is 2.12 bits per heavy atom. The molecule has 0 radical (unpaired) electrons. The number of halogens is 2. The molecule has 1 aromatic heterocycles. The lowest BCUT2D eigenvalue weighted by Gasteiger charge is -2.02. The van der Waals surface area contributed by atoms with Crippen molar-refractivity contribution in [2.75, 3.05) is 12.4 Å².